The maximum Gasteiger partial charge on any atom is 0.138 e. The van der Waals surface area contributed by atoms with Gasteiger partial charge in [0.05, 0.1) is 6.61 Å². The quantitative estimate of drug-likeness (QED) is 0.759. The van der Waals surface area contributed by atoms with E-state index in [1.165, 1.54) is 12.8 Å². The van der Waals surface area contributed by atoms with Gasteiger partial charge in [-0.15, -0.1) is 0 Å². The second-order valence-corrected chi connectivity index (χ2v) is 6.79. The smallest absolute Gasteiger partial charge is 0.138 e. The maximum atomic E-state index is 5.88. The first-order valence-corrected chi connectivity index (χ1v) is 7.80. The molecular weight excluding hydrogens is 266 g/mol. The summed E-state index contributed by atoms with van der Waals surface area (Å²) in [6.45, 7) is 7.01. The monoisotopic (exact) mass is 295 g/mol. The van der Waals surface area contributed by atoms with Crippen molar-refractivity contribution < 1.29 is 9.47 Å². The summed E-state index contributed by atoms with van der Waals surface area (Å²) in [4.78, 5) is 8.02. The van der Waals surface area contributed by atoms with Gasteiger partial charge in [0.15, 0.2) is 0 Å². The number of nitrogens with zero attached hydrogens (tertiary/aromatic N) is 1. The molecule has 0 radical (unpaired) electrons. The number of imidazole rings is 1. The van der Waals surface area contributed by atoms with Crippen LogP contribution in [0, 0.1) is 5.41 Å². The van der Waals surface area contributed by atoms with E-state index in [1.54, 1.807) is 14.2 Å². The number of nitrogens with one attached hydrogen (secondary N) is 2. The lowest BCUT2D eigenvalue weighted by molar-refractivity contribution is -0.0724. The minimum atomic E-state index is -0.236. The molecule has 0 aromatic carbocycles. The van der Waals surface area contributed by atoms with Crippen LogP contribution in [0.5, 0.6) is 0 Å². The third kappa shape index (κ3) is 4.05. The Bertz CT molecular complexity index is 432. The number of H-pyrrole nitrogens is 1. The van der Waals surface area contributed by atoms with E-state index in [-0.39, 0.29) is 5.60 Å². The average Bonchev–Trinajstić information content (AvgIpc) is 2.94. The Morgan fingerprint density at radius 3 is 2.57 bits per heavy atom. The fourth-order valence-corrected chi connectivity index (χ4v) is 2.95. The van der Waals surface area contributed by atoms with Crippen LogP contribution in [-0.2, 0) is 21.6 Å². The summed E-state index contributed by atoms with van der Waals surface area (Å²) >= 11 is 0. The summed E-state index contributed by atoms with van der Waals surface area (Å²) in [7, 11) is 3.51. The Hall–Kier alpha value is -0.910. The lowest BCUT2D eigenvalue weighted by atomic mass is 9.70. The number of rotatable bonds is 7. The Morgan fingerprint density at radius 1 is 1.24 bits per heavy atom. The zero-order valence-electron chi connectivity index (χ0n) is 13.8. The first-order chi connectivity index (χ1) is 10.0. The minimum absolute atomic E-state index is 0.236. The highest BCUT2D eigenvalue weighted by atomic mass is 16.5. The summed E-state index contributed by atoms with van der Waals surface area (Å²) in [6, 6.07) is 0. The molecule has 1 fully saturated rings. The topological polar surface area (TPSA) is 59.2 Å². The molecule has 0 bridgehead atoms. The number of aromatic amines is 1. The minimum Gasteiger partial charge on any atom is -0.383 e. The lowest BCUT2D eigenvalue weighted by Gasteiger charge is -2.41. The van der Waals surface area contributed by atoms with Crippen LogP contribution in [0.25, 0.3) is 0 Å². The molecule has 0 saturated heterocycles. The molecule has 0 spiro atoms. The van der Waals surface area contributed by atoms with Gasteiger partial charge in [-0.1, -0.05) is 13.8 Å². The molecule has 1 aromatic heterocycles. The number of ether oxygens (including phenoxy) is 2. The van der Waals surface area contributed by atoms with Crippen molar-refractivity contribution in [1.29, 1.82) is 0 Å². The van der Waals surface area contributed by atoms with Crippen LogP contribution in [0.1, 0.15) is 51.0 Å². The summed E-state index contributed by atoms with van der Waals surface area (Å²) in [5, 5.41) is 3.33. The Labute approximate surface area is 127 Å². The predicted octanol–water partition coefficient (Wildman–Crippen LogP) is 2.59. The molecule has 0 aliphatic heterocycles. The number of methoxy groups -OCH3 is 2. The van der Waals surface area contributed by atoms with Gasteiger partial charge in [0.1, 0.15) is 11.4 Å². The highest BCUT2D eigenvalue weighted by Gasteiger charge is 2.41. The van der Waals surface area contributed by atoms with E-state index in [1.807, 2.05) is 6.20 Å². The van der Waals surface area contributed by atoms with Gasteiger partial charge >= 0.3 is 0 Å². The molecule has 0 amide bonds. The molecule has 1 aromatic rings. The molecule has 2 rings (SSSR count). The van der Waals surface area contributed by atoms with Crippen molar-refractivity contribution >= 4 is 0 Å². The van der Waals surface area contributed by atoms with Gasteiger partial charge in [-0.05, 0) is 31.1 Å². The van der Waals surface area contributed by atoms with Gasteiger partial charge in [0.25, 0.3) is 0 Å². The molecule has 120 valence electrons. The van der Waals surface area contributed by atoms with Gasteiger partial charge in [-0.3, -0.25) is 0 Å². The predicted molar refractivity (Wildman–Crippen MR) is 83.1 cm³/mol. The van der Waals surface area contributed by atoms with Gasteiger partial charge in [-0.2, -0.15) is 0 Å². The summed E-state index contributed by atoms with van der Waals surface area (Å²) < 4.78 is 10.9. The Balaban J connectivity index is 1.98. The summed E-state index contributed by atoms with van der Waals surface area (Å²) in [6.07, 6.45) is 6.31. The zero-order valence-corrected chi connectivity index (χ0v) is 13.8. The largest absolute Gasteiger partial charge is 0.383 e. The van der Waals surface area contributed by atoms with Gasteiger partial charge < -0.3 is 19.8 Å². The first-order valence-electron chi connectivity index (χ1n) is 7.80. The lowest BCUT2D eigenvalue weighted by Crippen LogP contribution is -2.37. The van der Waals surface area contributed by atoms with Crippen molar-refractivity contribution in [2.45, 2.75) is 51.7 Å². The van der Waals surface area contributed by atoms with Crippen LogP contribution in [0.2, 0.25) is 0 Å². The van der Waals surface area contributed by atoms with Crippen LogP contribution in [0.4, 0.5) is 0 Å². The normalized spacial score (nSPS) is 20.6. The number of hydrogen-bond donors (Lipinski definition) is 2. The van der Waals surface area contributed by atoms with E-state index < -0.39 is 0 Å². The summed E-state index contributed by atoms with van der Waals surface area (Å²) in [5.41, 5.74) is 1.28. The van der Waals surface area contributed by atoms with E-state index in [9.17, 15) is 0 Å². The molecule has 5 nitrogen and oxygen atoms in total. The van der Waals surface area contributed by atoms with Crippen LogP contribution >= 0.6 is 0 Å². The zero-order chi connectivity index (χ0) is 15.3. The fraction of sp³-hybridized carbons (Fsp3) is 0.812. The van der Waals surface area contributed by atoms with Crippen LogP contribution in [0.15, 0.2) is 6.20 Å². The van der Waals surface area contributed by atoms with Crippen molar-refractivity contribution in [2.75, 3.05) is 27.4 Å². The standard InChI is InChI=1S/C16H29N3O2/c1-15(2)5-7-16(21-4,8-6-15)14-18-12-13(19-14)11-17-9-10-20-3/h12,17H,5-11H2,1-4H3,(H,18,19). The molecule has 0 unspecified atom stereocenters. The maximum absolute atomic E-state index is 5.88. The molecule has 5 heteroatoms. The Morgan fingerprint density at radius 2 is 1.95 bits per heavy atom. The van der Waals surface area contributed by atoms with E-state index >= 15 is 0 Å². The molecular formula is C16H29N3O2. The third-order valence-corrected chi connectivity index (χ3v) is 4.66. The van der Waals surface area contributed by atoms with E-state index in [0.29, 0.717) is 5.41 Å². The van der Waals surface area contributed by atoms with Gasteiger partial charge in [0, 0.05) is 39.2 Å². The van der Waals surface area contributed by atoms with E-state index in [2.05, 4.69) is 29.1 Å². The average molecular weight is 295 g/mol. The highest BCUT2D eigenvalue weighted by molar-refractivity contribution is 5.11. The number of aromatic nitrogens is 2. The van der Waals surface area contributed by atoms with Crippen LogP contribution in [0.3, 0.4) is 0 Å². The molecule has 21 heavy (non-hydrogen) atoms. The van der Waals surface area contributed by atoms with Crippen LogP contribution < -0.4 is 5.32 Å². The molecule has 1 saturated carbocycles. The number of hydrogen-bond acceptors (Lipinski definition) is 4. The van der Waals surface area contributed by atoms with Crippen molar-refractivity contribution in [3.05, 3.63) is 17.7 Å². The SMILES string of the molecule is COCCNCc1cnc(C2(OC)CCC(C)(C)CC2)[nH]1. The Kier molecular flexibility index (Phi) is 5.41. The first kappa shape index (κ1) is 16.5. The molecule has 1 aliphatic rings. The van der Waals surface area contributed by atoms with Crippen molar-refractivity contribution in [2.24, 2.45) is 5.41 Å². The van der Waals surface area contributed by atoms with Crippen molar-refractivity contribution in [3.63, 3.8) is 0 Å². The van der Waals surface area contributed by atoms with Crippen LogP contribution in [-0.4, -0.2) is 37.3 Å². The van der Waals surface area contributed by atoms with Crippen molar-refractivity contribution in [3.8, 4) is 0 Å². The summed E-state index contributed by atoms with van der Waals surface area (Å²) in [5.74, 6) is 0.976. The van der Waals surface area contributed by atoms with E-state index in [4.69, 9.17) is 9.47 Å². The van der Waals surface area contributed by atoms with Crippen molar-refractivity contribution in [1.82, 2.24) is 15.3 Å². The fourth-order valence-electron chi connectivity index (χ4n) is 2.95. The van der Waals surface area contributed by atoms with Gasteiger partial charge in [-0.25, -0.2) is 4.98 Å². The molecule has 1 heterocycles. The second kappa shape index (κ2) is 6.90. The van der Waals surface area contributed by atoms with Gasteiger partial charge in [0.2, 0.25) is 0 Å². The highest BCUT2D eigenvalue weighted by Crippen LogP contribution is 2.46. The van der Waals surface area contributed by atoms with E-state index in [0.717, 1.165) is 44.1 Å². The second-order valence-electron chi connectivity index (χ2n) is 6.79. The third-order valence-electron chi connectivity index (χ3n) is 4.66. The molecule has 0 atom stereocenters. The molecule has 2 N–H and O–H groups in total. The molecule has 1 aliphatic carbocycles.